The van der Waals surface area contributed by atoms with Crippen molar-refractivity contribution in [2.24, 2.45) is 22.7 Å². The Morgan fingerprint density at radius 2 is 1.58 bits per heavy atom. The van der Waals surface area contributed by atoms with Gasteiger partial charge in [-0.1, -0.05) is 13.8 Å². The van der Waals surface area contributed by atoms with Gasteiger partial charge in [0.25, 0.3) is 0 Å². The van der Waals surface area contributed by atoms with E-state index < -0.39 is 0 Å². The van der Waals surface area contributed by atoms with Crippen molar-refractivity contribution < 1.29 is 4.79 Å². The molecule has 0 atom stereocenters. The smallest absolute Gasteiger partial charge is 0.225 e. The summed E-state index contributed by atoms with van der Waals surface area (Å²) in [4.78, 5) is 20.0. The van der Waals surface area contributed by atoms with Crippen LogP contribution in [0.4, 0.5) is 0 Å². The summed E-state index contributed by atoms with van der Waals surface area (Å²) in [5.41, 5.74) is 1.18. The minimum atomic E-state index is 0.334. The van der Waals surface area contributed by atoms with E-state index in [1.807, 2.05) is 0 Å². The van der Waals surface area contributed by atoms with E-state index in [2.05, 4.69) is 35.6 Å². The van der Waals surface area contributed by atoms with Crippen LogP contribution in [0, 0.1) is 22.7 Å². The van der Waals surface area contributed by atoms with E-state index in [1.54, 1.807) is 0 Å². The number of likely N-dealkylation sites (tertiary alicyclic amines) is 1. The Hall–Kier alpha value is -0.610. The molecule has 0 aromatic rings. The maximum atomic E-state index is 12.8. The van der Waals surface area contributed by atoms with E-state index in [0.717, 1.165) is 32.1 Å². The van der Waals surface area contributed by atoms with Gasteiger partial charge in [0.05, 0.1) is 0 Å². The first kappa shape index (κ1) is 18.7. The molecule has 4 aliphatic rings. The fourth-order valence-electron chi connectivity index (χ4n) is 5.98. The first-order chi connectivity index (χ1) is 12.4. The van der Waals surface area contributed by atoms with Crippen LogP contribution in [-0.2, 0) is 4.79 Å². The van der Waals surface area contributed by atoms with Gasteiger partial charge in [-0.25, -0.2) is 0 Å². The highest BCUT2D eigenvalue weighted by Crippen LogP contribution is 2.55. The van der Waals surface area contributed by atoms with Crippen LogP contribution in [0.5, 0.6) is 0 Å². The lowest BCUT2D eigenvalue weighted by Crippen LogP contribution is -2.55. The molecule has 2 aliphatic heterocycles. The summed E-state index contributed by atoms with van der Waals surface area (Å²) in [5.74, 6) is 1.63. The van der Waals surface area contributed by atoms with Crippen molar-refractivity contribution in [2.75, 3.05) is 52.9 Å². The topological polar surface area (TPSA) is 26.8 Å². The van der Waals surface area contributed by atoms with Crippen LogP contribution < -0.4 is 0 Å². The van der Waals surface area contributed by atoms with Gasteiger partial charge in [0.15, 0.2) is 0 Å². The van der Waals surface area contributed by atoms with Gasteiger partial charge in [0.2, 0.25) is 5.91 Å². The molecule has 26 heavy (non-hydrogen) atoms. The second-order valence-electron chi connectivity index (χ2n) is 10.6. The summed E-state index contributed by atoms with van der Waals surface area (Å²) >= 11 is 0. The first-order valence-electron chi connectivity index (χ1n) is 11.1. The molecule has 1 amide bonds. The van der Waals surface area contributed by atoms with Gasteiger partial charge in [0.1, 0.15) is 0 Å². The lowest BCUT2D eigenvalue weighted by Gasteiger charge is -2.53. The molecule has 2 saturated heterocycles. The third kappa shape index (κ3) is 3.96. The van der Waals surface area contributed by atoms with Gasteiger partial charge < -0.3 is 14.7 Å². The Kier molecular flexibility index (Phi) is 5.11. The SMILES string of the molecule is CC(C)CC1(CN2CCC3(CC2)CC(C(=O)N2CCN(C)CC2)C3)CC1. The van der Waals surface area contributed by atoms with E-state index >= 15 is 0 Å². The van der Waals surface area contributed by atoms with E-state index in [1.165, 1.54) is 64.6 Å². The molecule has 0 N–H and O–H groups in total. The number of carbonyl (C=O) groups excluding carboxylic acids is 1. The van der Waals surface area contributed by atoms with Crippen molar-refractivity contribution in [1.82, 2.24) is 14.7 Å². The number of hydrogen-bond acceptors (Lipinski definition) is 3. The molecule has 0 aromatic heterocycles. The van der Waals surface area contributed by atoms with Crippen LogP contribution >= 0.6 is 0 Å². The van der Waals surface area contributed by atoms with Crippen LogP contribution in [0.1, 0.15) is 58.8 Å². The number of rotatable bonds is 5. The summed E-state index contributed by atoms with van der Waals surface area (Å²) in [6, 6.07) is 0. The van der Waals surface area contributed by atoms with E-state index in [4.69, 9.17) is 0 Å². The standard InChI is InChI=1S/C22H39N3O/c1-18(2)14-22(4-5-22)17-24-8-6-21(7-9-24)15-19(16-21)20(26)25-12-10-23(3)11-13-25/h18-19H,4-17H2,1-3H3. The Labute approximate surface area is 160 Å². The lowest BCUT2D eigenvalue weighted by molar-refractivity contribution is -0.147. The Balaban J connectivity index is 1.21. The van der Waals surface area contributed by atoms with Crippen LogP contribution in [0.3, 0.4) is 0 Å². The average molecular weight is 362 g/mol. The highest BCUT2D eigenvalue weighted by Gasteiger charge is 2.51. The Morgan fingerprint density at radius 1 is 0.962 bits per heavy atom. The number of piperidine rings is 1. The van der Waals surface area contributed by atoms with Gasteiger partial charge in [-0.15, -0.1) is 0 Å². The fraction of sp³-hybridized carbons (Fsp3) is 0.955. The molecule has 2 heterocycles. The zero-order chi connectivity index (χ0) is 18.4. The molecule has 4 fully saturated rings. The molecule has 0 radical (unpaired) electrons. The van der Waals surface area contributed by atoms with Gasteiger partial charge in [-0.05, 0) is 81.8 Å². The average Bonchev–Trinajstić information content (AvgIpc) is 3.32. The number of likely N-dealkylation sites (N-methyl/N-ethyl adjacent to an activating group) is 1. The van der Waals surface area contributed by atoms with Crippen molar-refractivity contribution in [3.8, 4) is 0 Å². The van der Waals surface area contributed by atoms with E-state index in [9.17, 15) is 4.79 Å². The third-order valence-corrected chi connectivity index (χ3v) is 7.80. The van der Waals surface area contributed by atoms with Crippen molar-refractivity contribution in [2.45, 2.75) is 58.8 Å². The molecule has 4 nitrogen and oxygen atoms in total. The zero-order valence-corrected chi connectivity index (χ0v) is 17.3. The van der Waals surface area contributed by atoms with Crippen molar-refractivity contribution in [1.29, 1.82) is 0 Å². The maximum absolute atomic E-state index is 12.8. The van der Waals surface area contributed by atoms with Crippen LogP contribution in [0.25, 0.3) is 0 Å². The molecule has 0 unspecified atom stereocenters. The maximum Gasteiger partial charge on any atom is 0.225 e. The van der Waals surface area contributed by atoms with Gasteiger partial charge in [0, 0.05) is 38.6 Å². The number of carbonyl (C=O) groups is 1. The normalized spacial score (nSPS) is 29.2. The minimum Gasteiger partial charge on any atom is -0.340 e. The minimum absolute atomic E-state index is 0.334. The number of amides is 1. The van der Waals surface area contributed by atoms with Gasteiger partial charge >= 0.3 is 0 Å². The van der Waals surface area contributed by atoms with Crippen molar-refractivity contribution in [3.05, 3.63) is 0 Å². The summed E-state index contributed by atoms with van der Waals surface area (Å²) < 4.78 is 0. The molecule has 2 saturated carbocycles. The number of nitrogens with zero attached hydrogens (tertiary/aromatic N) is 3. The predicted molar refractivity (Wildman–Crippen MR) is 106 cm³/mol. The van der Waals surface area contributed by atoms with Crippen LogP contribution in [0.15, 0.2) is 0 Å². The second-order valence-corrected chi connectivity index (χ2v) is 10.6. The number of hydrogen-bond donors (Lipinski definition) is 0. The molecule has 0 aromatic carbocycles. The molecule has 4 heteroatoms. The molecule has 0 bridgehead atoms. The largest absolute Gasteiger partial charge is 0.340 e. The van der Waals surface area contributed by atoms with E-state index in [-0.39, 0.29) is 0 Å². The third-order valence-electron chi connectivity index (χ3n) is 7.80. The Morgan fingerprint density at radius 3 is 2.12 bits per heavy atom. The molecule has 4 rings (SSSR count). The quantitative estimate of drug-likeness (QED) is 0.753. The first-order valence-corrected chi connectivity index (χ1v) is 11.1. The lowest BCUT2D eigenvalue weighted by atomic mass is 9.57. The summed E-state index contributed by atoms with van der Waals surface area (Å²) in [6.45, 7) is 12.6. The molecule has 1 spiro atoms. The summed E-state index contributed by atoms with van der Waals surface area (Å²) in [6.07, 6.45) is 9.32. The molecule has 2 aliphatic carbocycles. The monoisotopic (exact) mass is 361 g/mol. The zero-order valence-electron chi connectivity index (χ0n) is 17.3. The molecular weight excluding hydrogens is 322 g/mol. The summed E-state index contributed by atoms with van der Waals surface area (Å²) in [7, 11) is 2.15. The van der Waals surface area contributed by atoms with Crippen LogP contribution in [-0.4, -0.2) is 73.5 Å². The Bertz CT molecular complexity index is 503. The van der Waals surface area contributed by atoms with Crippen molar-refractivity contribution in [3.63, 3.8) is 0 Å². The number of piperazine rings is 1. The van der Waals surface area contributed by atoms with Crippen molar-refractivity contribution >= 4 is 5.91 Å². The van der Waals surface area contributed by atoms with E-state index in [0.29, 0.717) is 22.7 Å². The highest BCUT2D eigenvalue weighted by molar-refractivity contribution is 5.80. The fourth-order valence-corrected chi connectivity index (χ4v) is 5.98. The molecular formula is C22H39N3O. The van der Waals surface area contributed by atoms with Gasteiger partial charge in [-0.3, -0.25) is 4.79 Å². The second kappa shape index (κ2) is 7.09. The summed E-state index contributed by atoms with van der Waals surface area (Å²) in [5, 5.41) is 0. The highest BCUT2D eigenvalue weighted by atomic mass is 16.2. The van der Waals surface area contributed by atoms with Gasteiger partial charge in [-0.2, -0.15) is 0 Å². The molecule has 148 valence electrons. The van der Waals surface area contributed by atoms with Crippen LogP contribution in [0.2, 0.25) is 0 Å². The predicted octanol–water partition coefficient (Wildman–Crippen LogP) is 3.08.